The van der Waals surface area contributed by atoms with E-state index in [1.165, 1.54) is 24.3 Å². The molecule has 0 aliphatic carbocycles. The molecule has 0 bridgehead atoms. The van der Waals surface area contributed by atoms with Crippen molar-refractivity contribution in [1.29, 1.82) is 0 Å². The third-order valence-electron chi connectivity index (χ3n) is 6.82. The van der Waals surface area contributed by atoms with E-state index in [2.05, 4.69) is 47.0 Å². The quantitative estimate of drug-likeness (QED) is 0.118. The number of amides is 2. The number of thioether (sulfide) groups is 1. The number of hydrogen-bond acceptors (Lipinski definition) is 6. The van der Waals surface area contributed by atoms with Crippen LogP contribution >= 0.6 is 11.8 Å². The summed E-state index contributed by atoms with van der Waals surface area (Å²) in [6.45, 7) is -0.0727. The Morgan fingerprint density at radius 1 is 0.850 bits per heavy atom. The van der Waals surface area contributed by atoms with Gasteiger partial charge in [0, 0.05) is 17.9 Å². The summed E-state index contributed by atoms with van der Waals surface area (Å²) in [6, 6.07) is 35.4. The van der Waals surface area contributed by atoms with E-state index in [0.29, 0.717) is 11.3 Å². The zero-order chi connectivity index (χ0) is 28.0. The van der Waals surface area contributed by atoms with E-state index in [1.54, 1.807) is 11.8 Å². The number of ether oxygens (including phenoxy) is 1. The molecule has 1 heterocycles. The topological polar surface area (TPSA) is 111 Å². The molecule has 9 heteroatoms. The summed E-state index contributed by atoms with van der Waals surface area (Å²) in [6.07, 6.45) is -0.728. The Labute approximate surface area is 235 Å². The van der Waals surface area contributed by atoms with Crippen molar-refractivity contribution in [3.05, 3.63) is 148 Å². The standard InChI is InChI=1S/C31H27N3O5S/c35-29-28(33-30(36)39-20-22-16-18-26(19-17-22)34(37)38)27(32-29)21-40-31(23-10-4-1-5-11-23,24-12-6-2-7-13-24)25-14-8-3-9-15-25/h1-19,27-28H,20-21H2,(H,32,35)(H,33,36)/t27-,28+/m1/s1. The van der Waals surface area contributed by atoms with Crippen LogP contribution in [0.4, 0.5) is 10.5 Å². The van der Waals surface area contributed by atoms with Crippen molar-refractivity contribution in [3.8, 4) is 0 Å². The van der Waals surface area contributed by atoms with E-state index >= 15 is 0 Å². The van der Waals surface area contributed by atoms with Crippen LogP contribution in [-0.2, 0) is 20.9 Å². The van der Waals surface area contributed by atoms with Crippen LogP contribution in [0.1, 0.15) is 22.3 Å². The number of carbonyl (C=O) groups is 2. The van der Waals surface area contributed by atoms with Gasteiger partial charge in [-0.3, -0.25) is 14.9 Å². The van der Waals surface area contributed by atoms with Gasteiger partial charge in [0.05, 0.1) is 15.7 Å². The lowest BCUT2D eigenvalue weighted by atomic mass is 9.84. The average Bonchev–Trinajstić information content (AvgIpc) is 3.00. The van der Waals surface area contributed by atoms with Crippen LogP contribution in [0.5, 0.6) is 0 Å². The van der Waals surface area contributed by atoms with E-state index in [1.807, 2.05) is 54.6 Å². The molecule has 0 unspecified atom stereocenters. The van der Waals surface area contributed by atoms with Crippen LogP contribution in [0.25, 0.3) is 0 Å². The van der Waals surface area contributed by atoms with E-state index < -0.39 is 21.8 Å². The predicted molar refractivity (Wildman–Crippen MR) is 154 cm³/mol. The van der Waals surface area contributed by atoms with Gasteiger partial charge >= 0.3 is 6.09 Å². The fourth-order valence-electron chi connectivity index (χ4n) is 4.76. The maximum Gasteiger partial charge on any atom is 0.408 e. The minimum absolute atomic E-state index is 0.0442. The smallest absolute Gasteiger partial charge is 0.408 e. The lowest BCUT2D eigenvalue weighted by molar-refractivity contribution is -0.384. The largest absolute Gasteiger partial charge is 0.445 e. The van der Waals surface area contributed by atoms with Gasteiger partial charge in [0.15, 0.2) is 0 Å². The van der Waals surface area contributed by atoms with Gasteiger partial charge in [-0.25, -0.2) is 4.79 Å². The highest BCUT2D eigenvalue weighted by Crippen LogP contribution is 2.48. The molecule has 2 N–H and O–H groups in total. The summed E-state index contributed by atoms with van der Waals surface area (Å²) in [7, 11) is 0. The van der Waals surface area contributed by atoms with Crippen molar-refractivity contribution >= 4 is 29.4 Å². The third kappa shape index (κ3) is 5.69. The highest BCUT2D eigenvalue weighted by Gasteiger charge is 2.44. The maximum absolute atomic E-state index is 12.5. The Balaban J connectivity index is 1.31. The van der Waals surface area contributed by atoms with E-state index in [0.717, 1.165) is 16.7 Å². The monoisotopic (exact) mass is 553 g/mol. The molecule has 0 radical (unpaired) electrons. The van der Waals surface area contributed by atoms with Gasteiger partial charge in [0.2, 0.25) is 5.91 Å². The molecule has 2 atom stereocenters. The molecule has 1 aliphatic heterocycles. The normalized spacial score (nSPS) is 16.4. The number of hydrogen-bond donors (Lipinski definition) is 2. The number of nitrogens with zero attached hydrogens (tertiary/aromatic N) is 1. The predicted octanol–water partition coefficient (Wildman–Crippen LogP) is 5.41. The number of carbonyl (C=O) groups excluding carboxylic acids is 2. The molecular weight excluding hydrogens is 526 g/mol. The first-order chi connectivity index (χ1) is 19.5. The first-order valence-electron chi connectivity index (χ1n) is 12.7. The number of nitrogens with one attached hydrogen (secondary N) is 2. The second-order valence-electron chi connectivity index (χ2n) is 9.33. The number of nitro benzene ring substituents is 1. The molecule has 40 heavy (non-hydrogen) atoms. The van der Waals surface area contributed by atoms with Gasteiger partial charge in [0.1, 0.15) is 12.6 Å². The summed E-state index contributed by atoms with van der Waals surface area (Å²) < 4.78 is 4.73. The molecular formula is C31H27N3O5S. The van der Waals surface area contributed by atoms with Crippen LogP contribution in [0.3, 0.4) is 0 Å². The minimum atomic E-state index is -0.739. The summed E-state index contributed by atoms with van der Waals surface area (Å²) in [5.41, 5.74) is 3.88. The number of benzene rings is 4. The van der Waals surface area contributed by atoms with Crippen molar-refractivity contribution in [3.63, 3.8) is 0 Å². The molecule has 4 aromatic carbocycles. The zero-order valence-electron chi connectivity index (χ0n) is 21.4. The van der Waals surface area contributed by atoms with Crippen LogP contribution in [-0.4, -0.2) is 34.8 Å². The van der Waals surface area contributed by atoms with Crippen LogP contribution in [0.2, 0.25) is 0 Å². The second-order valence-corrected chi connectivity index (χ2v) is 10.6. The van der Waals surface area contributed by atoms with Crippen molar-refractivity contribution in [2.75, 3.05) is 5.75 Å². The second kappa shape index (κ2) is 12.0. The highest BCUT2D eigenvalue weighted by molar-refractivity contribution is 8.00. The number of non-ortho nitro benzene ring substituents is 1. The number of β-lactam (4-membered cyclic amide) rings is 1. The van der Waals surface area contributed by atoms with Crippen LogP contribution in [0, 0.1) is 10.1 Å². The Bertz CT molecular complexity index is 1370. The van der Waals surface area contributed by atoms with Crippen LogP contribution < -0.4 is 10.6 Å². The van der Waals surface area contributed by atoms with E-state index in [-0.39, 0.29) is 24.2 Å². The van der Waals surface area contributed by atoms with Gasteiger partial charge in [-0.15, -0.1) is 11.8 Å². The number of nitro groups is 1. The average molecular weight is 554 g/mol. The van der Waals surface area contributed by atoms with Crippen molar-refractivity contribution in [2.45, 2.75) is 23.4 Å². The first-order valence-corrected chi connectivity index (χ1v) is 13.7. The zero-order valence-corrected chi connectivity index (χ0v) is 22.3. The summed E-state index contributed by atoms with van der Waals surface area (Å²) in [5, 5.41) is 16.4. The fraction of sp³-hybridized carbons (Fsp3) is 0.161. The summed E-state index contributed by atoms with van der Waals surface area (Å²) in [4.78, 5) is 35.3. The van der Waals surface area contributed by atoms with E-state index in [4.69, 9.17) is 4.74 Å². The highest BCUT2D eigenvalue weighted by atomic mass is 32.2. The molecule has 8 nitrogen and oxygen atoms in total. The lowest BCUT2D eigenvalue weighted by Crippen LogP contribution is -2.70. The Morgan fingerprint density at radius 2 is 1.35 bits per heavy atom. The van der Waals surface area contributed by atoms with E-state index in [9.17, 15) is 19.7 Å². The molecule has 0 saturated carbocycles. The van der Waals surface area contributed by atoms with Gasteiger partial charge in [-0.1, -0.05) is 91.0 Å². The van der Waals surface area contributed by atoms with Crippen molar-refractivity contribution < 1.29 is 19.2 Å². The summed E-state index contributed by atoms with van der Waals surface area (Å²) >= 11 is 1.70. The molecule has 4 aromatic rings. The molecule has 202 valence electrons. The number of rotatable bonds is 10. The van der Waals surface area contributed by atoms with Gasteiger partial charge < -0.3 is 15.4 Å². The van der Waals surface area contributed by atoms with Gasteiger partial charge in [-0.05, 0) is 34.4 Å². The van der Waals surface area contributed by atoms with Crippen LogP contribution in [0.15, 0.2) is 115 Å². The Kier molecular flexibility index (Phi) is 8.12. The molecule has 0 spiro atoms. The molecule has 1 saturated heterocycles. The molecule has 1 aliphatic rings. The minimum Gasteiger partial charge on any atom is -0.445 e. The van der Waals surface area contributed by atoms with Gasteiger partial charge in [-0.2, -0.15) is 0 Å². The summed E-state index contributed by atoms with van der Waals surface area (Å²) in [5.74, 6) is 0.250. The molecule has 5 rings (SSSR count). The fourth-order valence-corrected chi connectivity index (χ4v) is 6.37. The molecule has 1 fully saturated rings. The number of alkyl carbamates (subject to hydrolysis) is 1. The maximum atomic E-state index is 12.5. The Morgan fingerprint density at radius 3 is 1.80 bits per heavy atom. The van der Waals surface area contributed by atoms with Crippen molar-refractivity contribution in [2.24, 2.45) is 0 Å². The first kappa shape index (κ1) is 27.0. The SMILES string of the molecule is O=C(N[C@@H]1C(=O)N[C@@H]1CSC(c1ccccc1)(c1ccccc1)c1ccccc1)OCc1ccc([N+](=O)[O-])cc1. The van der Waals surface area contributed by atoms with Crippen molar-refractivity contribution in [1.82, 2.24) is 10.6 Å². The third-order valence-corrected chi connectivity index (χ3v) is 8.49. The van der Waals surface area contributed by atoms with Gasteiger partial charge in [0.25, 0.3) is 5.69 Å². The molecule has 0 aromatic heterocycles. The molecule has 2 amide bonds. The lowest BCUT2D eigenvalue weighted by Gasteiger charge is -2.41. The Hall–Kier alpha value is -4.63.